The summed E-state index contributed by atoms with van der Waals surface area (Å²) >= 11 is 0. The predicted octanol–water partition coefficient (Wildman–Crippen LogP) is 2.45. The van der Waals surface area contributed by atoms with Gasteiger partial charge in [0.2, 0.25) is 0 Å². The molecule has 4 nitrogen and oxygen atoms in total. The number of nitrogens with zero attached hydrogens (tertiary/aromatic N) is 2. The van der Waals surface area contributed by atoms with Crippen molar-refractivity contribution < 1.29 is 13.2 Å². The van der Waals surface area contributed by atoms with Crippen molar-refractivity contribution in [1.29, 1.82) is 0 Å². The number of hydrogen-bond acceptors (Lipinski definition) is 2. The normalized spacial score (nSPS) is 18.2. The van der Waals surface area contributed by atoms with E-state index >= 15 is 0 Å². The van der Waals surface area contributed by atoms with E-state index in [9.17, 15) is 13.2 Å². The summed E-state index contributed by atoms with van der Waals surface area (Å²) in [5.41, 5.74) is 0. The molecule has 1 saturated heterocycles. The Kier molecular flexibility index (Phi) is 10.3. The van der Waals surface area contributed by atoms with Gasteiger partial charge >= 0.3 is 6.18 Å². The van der Waals surface area contributed by atoms with Gasteiger partial charge in [0.25, 0.3) is 0 Å². The van der Waals surface area contributed by atoms with Crippen LogP contribution in [0, 0.1) is 5.92 Å². The molecule has 1 rings (SSSR count). The molecule has 1 aliphatic rings. The quantitative estimate of drug-likeness (QED) is 0.393. The third-order valence-corrected chi connectivity index (χ3v) is 3.31. The molecule has 1 heterocycles. The largest absolute Gasteiger partial charge is 0.390 e. The lowest BCUT2D eigenvalue weighted by molar-refractivity contribution is -0.132. The fraction of sp³-hybridized carbons (Fsp3) is 0.923. The van der Waals surface area contributed by atoms with Crippen LogP contribution in [0.1, 0.15) is 26.2 Å². The van der Waals surface area contributed by atoms with Gasteiger partial charge in [-0.3, -0.25) is 4.99 Å². The molecular weight excluding hydrogens is 396 g/mol. The Balaban J connectivity index is 0.00000400. The van der Waals surface area contributed by atoms with E-state index in [-0.39, 0.29) is 30.5 Å². The molecule has 1 atom stereocenters. The molecule has 0 aliphatic carbocycles. The zero-order valence-corrected chi connectivity index (χ0v) is 15.0. The van der Waals surface area contributed by atoms with E-state index in [1.165, 1.54) is 12.8 Å². The van der Waals surface area contributed by atoms with Crippen LogP contribution in [0.25, 0.3) is 0 Å². The summed E-state index contributed by atoms with van der Waals surface area (Å²) in [5.74, 6) is 0.872. The lowest BCUT2D eigenvalue weighted by atomic mass is 10.1. The van der Waals surface area contributed by atoms with E-state index in [0.29, 0.717) is 18.4 Å². The van der Waals surface area contributed by atoms with Gasteiger partial charge < -0.3 is 15.5 Å². The van der Waals surface area contributed by atoms with Crippen LogP contribution in [-0.4, -0.2) is 56.8 Å². The van der Waals surface area contributed by atoms with Crippen molar-refractivity contribution in [3.63, 3.8) is 0 Å². The van der Waals surface area contributed by atoms with Crippen LogP contribution in [0.2, 0.25) is 0 Å². The van der Waals surface area contributed by atoms with Crippen LogP contribution in [0.4, 0.5) is 13.2 Å². The molecular formula is C13H26F3IN4. The molecule has 0 radical (unpaired) electrons. The highest BCUT2D eigenvalue weighted by atomic mass is 127. The van der Waals surface area contributed by atoms with E-state index in [4.69, 9.17) is 0 Å². The highest BCUT2D eigenvalue weighted by Gasteiger charge is 2.26. The second-order valence-electron chi connectivity index (χ2n) is 5.36. The second kappa shape index (κ2) is 10.5. The molecule has 21 heavy (non-hydrogen) atoms. The van der Waals surface area contributed by atoms with Crippen LogP contribution < -0.4 is 10.6 Å². The maximum atomic E-state index is 12.0. The van der Waals surface area contributed by atoms with Gasteiger partial charge in [-0.05, 0) is 31.8 Å². The van der Waals surface area contributed by atoms with Gasteiger partial charge in [0.05, 0.1) is 6.42 Å². The molecule has 8 heteroatoms. The fourth-order valence-corrected chi connectivity index (χ4v) is 2.28. The molecule has 1 fully saturated rings. The van der Waals surface area contributed by atoms with E-state index < -0.39 is 12.6 Å². The Hall–Kier alpha value is -0.250. The highest BCUT2D eigenvalue weighted by Crippen LogP contribution is 2.18. The summed E-state index contributed by atoms with van der Waals surface area (Å²) in [5, 5.41) is 5.75. The van der Waals surface area contributed by atoms with Gasteiger partial charge in [-0.25, -0.2) is 0 Å². The molecule has 0 amide bonds. The monoisotopic (exact) mass is 422 g/mol. The van der Waals surface area contributed by atoms with Crippen molar-refractivity contribution >= 4 is 29.9 Å². The van der Waals surface area contributed by atoms with Crippen LogP contribution in [-0.2, 0) is 0 Å². The average Bonchev–Trinajstić information content (AvgIpc) is 2.84. The third-order valence-electron chi connectivity index (χ3n) is 3.31. The summed E-state index contributed by atoms with van der Waals surface area (Å²) in [6.45, 7) is 6.03. The number of guanidine groups is 1. The van der Waals surface area contributed by atoms with Crippen molar-refractivity contribution in [1.82, 2.24) is 15.5 Å². The first-order valence-corrected chi connectivity index (χ1v) is 7.14. The number of rotatable bonds is 6. The Morgan fingerprint density at radius 3 is 2.38 bits per heavy atom. The first kappa shape index (κ1) is 20.8. The van der Waals surface area contributed by atoms with E-state index in [2.05, 4.69) is 27.4 Å². The molecule has 0 spiro atoms. The number of nitrogens with one attached hydrogen (secondary N) is 2. The Bertz CT molecular complexity index is 304. The van der Waals surface area contributed by atoms with Gasteiger partial charge in [-0.15, -0.1) is 24.0 Å². The van der Waals surface area contributed by atoms with Crippen LogP contribution in [0.15, 0.2) is 4.99 Å². The Morgan fingerprint density at radius 2 is 1.86 bits per heavy atom. The molecule has 1 unspecified atom stereocenters. The summed E-state index contributed by atoms with van der Waals surface area (Å²) < 4.78 is 36.1. The number of halogens is 4. The molecule has 126 valence electrons. The first-order chi connectivity index (χ1) is 9.40. The molecule has 0 aromatic carbocycles. The van der Waals surface area contributed by atoms with Gasteiger partial charge in [0.1, 0.15) is 0 Å². The van der Waals surface area contributed by atoms with Gasteiger partial charge in [-0.1, -0.05) is 6.92 Å². The summed E-state index contributed by atoms with van der Waals surface area (Å²) in [6, 6.07) is 0. The van der Waals surface area contributed by atoms with Gasteiger partial charge in [0.15, 0.2) is 5.96 Å². The number of aliphatic imine (C=N–C) groups is 1. The molecule has 1 aliphatic heterocycles. The highest BCUT2D eigenvalue weighted by molar-refractivity contribution is 14.0. The first-order valence-electron chi connectivity index (χ1n) is 7.14. The minimum Gasteiger partial charge on any atom is -0.356 e. The summed E-state index contributed by atoms with van der Waals surface area (Å²) in [6.07, 6.45) is -2.45. The van der Waals surface area contributed by atoms with Crippen molar-refractivity contribution in [3.8, 4) is 0 Å². The van der Waals surface area contributed by atoms with Gasteiger partial charge in [-0.2, -0.15) is 13.2 Å². The van der Waals surface area contributed by atoms with Gasteiger partial charge in [0, 0.05) is 26.7 Å². The molecule has 2 N–H and O–H groups in total. The van der Waals surface area contributed by atoms with E-state index in [1.807, 2.05) is 0 Å². The molecule has 0 aromatic rings. The summed E-state index contributed by atoms with van der Waals surface area (Å²) in [4.78, 5) is 6.35. The molecule has 0 saturated carbocycles. The molecule has 0 aromatic heterocycles. The lowest BCUT2D eigenvalue weighted by Crippen LogP contribution is -2.42. The van der Waals surface area contributed by atoms with Crippen LogP contribution >= 0.6 is 24.0 Å². The predicted molar refractivity (Wildman–Crippen MR) is 90.3 cm³/mol. The fourth-order valence-electron chi connectivity index (χ4n) is 2.28. The lowest BCUT2D eigenvalue weighted by Gasteiger charge is -2.21. The third kappa shape index (κ3) is 10.2. The maximum absolute atomic E-state index is 12.0. The van der Waals surface area contributed by atoms with E-state index in [1.54, 1.807) is 7.05 Å². The second-order valence-corrected chi connectivity index (χ2v) is 5.36. The number of hydrogen-bond donors (Lipinski definition) is 2. The Morgan fingerprint density at radius 1 is 1.24 bits per heavy atom. The zero-order valence-electron chi connectivity index (χ0n) is 12.7. The standard InChI is InChI=1S/C13H25F3N4.HI/c1-11(10-20-7-3-4-8-20)9-19-12(17-2)18-6-5-13(14,15)16;/h11H,3-10H2,1-2H3,(H2,17,18,19);1H. The van der Waals surface area contributed by atoms with E-state index in [0.717, 1.165) is 19.6 Å². The topological polar surface area (TPSA) is 39.7 Å². The molecule has 0 bridgehead atoms. The summed E-state index contributed by atoms with van der Waals surface area (Å²) in [7, 11) is 1.56. The maximum Gasteiger partial charge on any atom is 0.390 e. The van der Waals surface area contributed by atoms with Crippen molar-refractivity contribution in [3.05, 3.63) is 0 Å². The van der Waals surface area contributed by atoms with Crippen molar-refractivity contribution in [2.24, 2.45) is 10.9 Å². The number of alkyl halides is 3. The van der Waals surface area contributed by atoms with Crippen LogP contribution in [0.5, 0.6) is 0 Å². The van der Waals surface area contributed by atoms with Crippen molar-refractivity contribution in [2.75, 3.05) is 39.8 Å². The van der Waals surface area contributed by atoms with Crippen molar-refractivity contribution in [2.45, 2.75) is 32.4 Å². The Labute approximate surface area is 142 Å². The average molecular weight is 422 g/mol. The number of likely N-dealkylation sites (tertiary alicyclic amines) is 1. The SMILES string of the molecule is CN=C(NCCC(F)(F)F)NCC(C)CN1CCCC1.I. The smallest absolute Gasteiger partial charge is 0.356 e. The van der Waals surface area contributed by atoms with Crippen LogP contribution in [0.3, 0.4) is 0 Å². The zero-order chi connectivity index (χ0) is 15.0. The minimum atomic E-state index is -4.13. The minimum absolute atomic E-state index is 0.